The Labute approximate surface area is 240 Å². The number of hydroxylamine groups is 1. The SMILES string of the molecule is C=CC(=O)Nc1cc(Nc2cc(N3OCCC3c3cccc(C#N)c3)ncn2)c(OC)cc1N1CCN(CC)CC1. The molecule has 0 saturated carbocycles. The van der Waals surface area contributed by atoms with Crippen molar-refractivity contribution in [1.29, 1.82) is 5.26 Å². The Morgan fingerprint density at radius 2 is 2.02 bits per heavy atom. The summed E-state index contributed by atoms with van der Waals surface area (Å²) in [5.41, 5.74) is 3.75. The van der Waals surface area contributed by atoms with Gasteiger partial charge in [-0.1, -0.05) is 25.6 Å². The number of anilines is 5. The number of piperazine rings is 1. The maximum absolute atomic E-state index is 12.4. The van der Waals surface area contributed by atoms with Crippen LogP contribution < -0.4 is 25.3 Å². The van der Waals surface area contributed by atoms with Gasteiger partial charge in [0.25, 0.3) is 0 Å². The molecule has 212 valence electrons. The normalized spacial score (nSPS) is 17.1. The molecule has 3 aromatic rings. The van der Waals surface area contributed by atoms with E-state index in [9.17, 15) is 10.1 Å². The number of nitriles is 1. The van der Waals surface area contributed by atoms with Gasteiger partial charge in [0.15, 0.2) is 5.82 Å². The molecule has 2 fully saturated rings. The summed E-state index contributed by atoms with van der Waals surface area (Å²) in [6.07, 6.45) is 3.48. The number of methoxy groups -OCH3 is 1. The van der Waals surface area contributed by atoms with Crippen LogP contribution in [-0.4, -0.2) is 67.2 Å². The summed E-state index contributed by atoms with van der Waals surface area (Å²) in [7, 11) is 1.62. The number of benzene rings is 2. The van der Waals surface area contributed by atoms with E-state index in [0.717, 1.165) is 50.4 Å². The fraction of sp³-hybridized carbons (Fsp3) is 0.333. The van der Waals surface area contributed by atoms with Crippen molar-refractivity contribution in [3.63, 3.8) is 0 Å². The molecule has 1 atom stereocenters. The highest BCUT2D eigenvalue weighted by molar-refractivity contribution is 6.02. The van der Waals surface area contributed by atoms with Gasteiger partial charge in [-0.3, -0.25) is 9.63 Å². The summed E-state index contributed by atoms with van der Waals surface area (Å²) in [6.45, 7) is 10.9. The molecule has 3 heterocycles. The van der Waals surface area contributed by atoms with Gasteiger partial charge in [0, 0.05) is 44.7 Å². The molecule has 11 nitrogen and oxygen atoms in total. The van der Waals surface area contributed by atoms with E-state index in [1.165, 1.54) is 12.4 Å². The summed E-state index contributed by atoms with van der Waals surface area (Å²) < 4.78 is 5.77. The van der Waals surface area contributed by atoms with Gasteiger partial charge in [-0.15, -0.1) is 0 Å². The van der Waals surface area contributed by atoms with Crippen LogP contribution >= 0.6 is 0 Å². The zero-order valence-electron chi connectivity index (χ0n) is 23.3. The number of ether oxygens (including phenoxy) is 1. The zero-order chi connectivity index (χ0) is 28.8. The van der Waals surface area contributed by atoms with Crippen molar-refractivity contribution in [3.8, 4) is 11.8 Å². The van der Waals surface area contributed by atoms with Crippen LogP contribution in [0.1, 0.15) is 30.5 Å². The average molecular weight is 555 g/mol. The van der Waals surface area contributed by atoms with Crippen LogP contribution in [-0.2, 0) is 9.63 Å². The molecule has 11 heteroatoms. The lowest BCUT2D eigenvalue weighted by atomic mass is 10.0. The molecule has 2 saturated heterocycles. The van der Waals surface area contributed by atoms with E-state index >= 15 is 0 Å². The minimum atomic E-state index is -0.295. The van der Waals surface area contributed by atoms with E-state index in [4.69, 9.17) is 9.57 Å². The first-order valence-corrected chi connectivity index (χ1v) is 13.7. The van der Waals surface area contributed by atoms with Crippen molar-refractivity contribution in [3.05, 3.63) is 72.6 Å². The van der Waals surface area contributed by atoms with Crippen LogP contribution in [0.5, 0.6) is 5.75 Å². The van der Waals surface area contributed by atoms with Crippen LogP contribution in [0.2, 0.25) is 0 Å². The lowest BCUT2D eigenvalue weighted by Gasteiger charge is -2.36. The maximum atomic E-state index is 12.4. The van der Waals surface area contributed by atoms with Gasteiger partial charge in [0.2, 0.25) is 5.91 Å². The standard InChI is InChI=1S/C30H34N8O3/c1-4-30(39)35-23-16-24(27(40-3)17-26(23)37-12-10-36(5-2)11-13-37)34-28-18-29(33-20-32-28)38-25(9-14-41-38)22-8-6-7-21(15-22)19-31/h4,6-8,15-18,20,25H,1,5,9-14H2,2-3H3,(H,35,39)(H,32,33,34). The number of hydrogen-bond acceptors (Lipinski definition) is 10. The van der Waals surface area contributed by atoms with Crippen molar-refractivity contribution in [2.45, 2.75) is 19.4 Å². The van der Waals surface area contributed by atoms with Gasteiger partial charge >= 0.3 is 0 Å². The van der Waals surface area contributed by atoms with Crippen molar-refractivity contribution in [2.75, 3.05) is 67.0 Å². The van der Waals surface area contributed by atoms with Gasteiger partial charge in [-0.2, -0.15) is 5.26 Å². The van der Waals surface area contributed by atoms with E-state index in [1.54, 1.807) is 24.3 Å². The van der Waals surface area contributed by atoms with Crippen molar-refractivity contribution in [2.24, 2.45) is 0 Å². The number of nitrogens with one attached hydrogen (secondary N) is 2. The Morgan fingerprint density at radius 1 is 1.20 bits per heavy atom. The Hall–Kier alpha value is -4.66. The molecule has 1 unspecified atom stereocenters. The first-order valence-electron chi connectivity index (χ1n) is 13.7. The summed E-state index contributed by atoms with van der Waals surface area (Å²) in [6, 6.07) is 15.2. The van der Waals surface area contributed by atoms with Crippen molar-refractivity contribution < 1.29 is 14.4 Å². The summed E-state index contributed by atoms with van der Waals surface area (Å²) in [5, 5.41) is 17.4. The van der Waals surface area contributed by atoms with E-state index in [-0.39, 0.29) is 11.9 Å². The molecule has 2 aromatic carbocycles. The third-order valence-corrected chi connectivity index (χ3v) is 7.37. The lowest BCUT2D eigenvalue weighted by Crippen LogP contribution is -2.46. The molecule has 0 spiro atoms. The second kappa shape index (κ2) is 12.7. The summed E-state index contributed by atoms with van der Waals surface area (Å²) in [5.74, 6) is 1.42. The zero-order valence-corrected chi connectivity index (χ0v) is 23.3. The van der Waals surface area contributed by atoms with Gasteiger partial charge < -0.3 is 25.2 Å². The number of carbonyl (C=O) groups excluding carboxylic acids is 1. The van der Waals surface area contributed by atoms with Crippen LogP contribution in [0.4, 0.5) is 28.7 Å². The van der Waals surface area contributed by atoms with Gasteiger partial charge in [0.05, 0.1) is 48.5 Å². The van der Waals surface area contributed by atoms with Gasteiger partial charge in [-0.05, 0) is 36.4 Å². The van der Waals surface area contributed by atoms with Crippen LogP contribution in [0, 0.1) is 11.3 Å². The number of amides is 1. The molecule has 2 aliphatic rings. The molecule has 0 aliphatic carbocycles. The number of hydrogen-bond donors (Lipinski definition) is 2. The number of likely N-dealkylation sites (N-methyl/N-ethyl adjacent to an activating group) is 1. The number of carbonyl (C=O) groups is 1. The Kier molecular flexibility index (Phi) is 8.62. The maximum Gasteiger partial charge on any atom is 0.247 e. The highest BCUT2D eigenvalue weighted by atomic mass is 16.7. The minimum Gasteiger partial charge on any atom is -0.494 e. The van der Waals surface area contributed by atoms with E-state index < -0.39 is 0 Å². The quantitative estimate of drug-likeness (QED) is 0.372. The van der Waals surface area contributed by atoms with Gasteiger partial charge in [-0.25, -0.2) is 15.0 Å². The van der Waals surface area contributed by atoms with Crippen molar-refractivity contribution in [1.82, 2.24) is 14.9 Å². The Morgan fingerprint density at radius 3 is 2.76 bits per heavy atom. The Balaban J connectivity index is 1.43. The monoisotopic (exact) mass is 554 g/mol. The third kappa shape index (κ3) is 6.24. The Bertz CT molecular complexity index is 1450. The molecule has 1 aromatic heterocycles. The minimum absolute atomic E-state index is 0.0891. The van der Waals surface area contributed by atoms with Crippen LogP contribution in [0.15, 0.2) is 61.4 Å². The van der Waals surface area contributed by atoms with Crippen LogP contribution in [0.3, 0.4) is 0 Å². The first kappa shape index (κ1) is 27.9. The van der Waals surface area contributed by atoms with E-state index in [1.807, 2.05) is 30.3 Å². The second-order valence-electron chi connectivity index (χ2n) is 9.77. The fourth-order valence-electron chi connectivity index (χ4n) is 5.17. The predicted molar refractivity (Wildman–Crippen MR) is 158 cm³/mol. The van der Waals surface area contributed by atoms with Crippen molar-refractivity contribution >= 4 is 34.6 Å². The van der Waals surface area contributed by atoms with E-state index in [2.05, 4.69) is 50.0 Å². The average Bonchev–Trinajstić information content (AvgIpc) is 3.52. The number of nitrogens with zero attached hydrogens (tertiary/aromatic N) is 6. The predicted octanol–water partition coefficient (Wildman–Crippen LogP) is 4.25. The first-order chi connectivity index (χ1) is 20.0. The molecule has 2 aliphatic heterocycles. The molecule has 0 bridgehead atoms. The van der Waals surface area contributed by atoms with E-state index in [0.29, 0.717) is 40.9 Å². The molecule has 1 amide bonds. The van der Waals surface area contributed by atoms with Gasteiger partial charge in [0.1, 0.15) is 17.9 Å². The molecule has 41 heavy (non-hydrogen) atoms. The second-order valence-corrected chi connectivity index (χ2v) is 9.77. The number of rotatable bonds is 9. The van der Waals surface area contributed by atoms with Crippen LogP contribution in [0.25, 0.3) is 0 Å². The highest BCUT2D eigenvalue weighted by Crippen LogP contribution is 2.40. The smallest absolute Gasteiger partial charge is 0.247 e. The molecular weight excluding hydrogens is 520 g/mol. The molecular formula is C30H34N8O3. The lowest BCUT2D eigenvalue weighted by molar-refractivity contribution is -0.111. The largest absolute Gasteiger partial charge is 0.494 e. The molecule has 0 radical (unpaired) electrons. The summed E-state index contributed by atoms with van der Waals surface area (Å²) >= 11 is 0. The molecule has 2 N–H and O–H groups in total. The summed E-state index contributed by atoms with van der Waals surface area (Å²) in [4.78, 5) is 31.8. The topological polar surface area (TPSA) is 119 Å². The number of aromatic nitrogens is 2. The third-order valence-electron chi connectivity index (χ3n) is 7.37. The fourth-order valence-corrected chi connectivity index (χ4v) is 5.17. The molecule has 5 rings (SSSR count). The highest BCUT2D eigenvalue weighted by Gasteiger charge is 2.29.